The number of nitrogens with zero attached hydrogens (tertiary/aromatic N) is 1. The van der Waals surface area contributed by atoms with Crippen LogP contribution in [0.1, 0.15) is 15.9 Å². The van der Waals surface area contributed by atoms with Crippen LogP contribution in [0.4, 0.5) is 0 Å². The Hall–Kier alpha value is -1.85. The van der Waals surface area contributed by atoms with Crippen LogP contribution in [0.2, 0.25) is 5.02 Å². The van der Waals surface area contributed by atoms with Crippen molar-refractivity contribution in [2.75, 3.05) is 7.11 Å². The van der Waals surface area contributed by atoms with Crippen LogP contribution in [0.25, 0.3) is 0 Å². The van der Waals surface area contributed by atoms with Crippen molar-refractivity contribution < 1.29 is 9.53 Å². The molecule has 4 nitrogen and oxygen atoms in total. The van der Waals surface area contributed by atoms with Crippen LogP contribution in [0.3, 0.4) is 0 Å². The third kappa shape index (κ3) is 4.06. The van der Waals surface area contributed by atoms with E-state index in [4.69, 9.17) is 16.3 Å². The fourth-order valence-electron chi connectivity index (χ4n) is 1.63. The van der Waals surface area contributed by atoms with Gasteiger partial charge in [0.05, 0.1) is 23.9 Å². The summed E-state index contributed by atoms with van der Waals surface area (Å²) in [4.78, 5) is 11.9. The van der Waals surface area contributed by atoms with Crippen molar-refractivity contribution in [2.24, 2.45) is 5.10 Å². The number of amides is 1. The van der Waals surface area contributed by atoms with Gasteiger partial charge in [-0.05, 0) is 51.8 Å². The van der Waals surface area contributed by atoms with Crippen LogP contribution < -0.4 is 10.2 Å². The molecule has 0 saturated carbocycles. The van der Waals surface area contributed by atoms with Crippen molar-refractivity contribution in [2.45, 2.75) is 0 Å². The third-order valence-electron chi connectivity index (χ3n) is 2.67. The number of rotatable bonds is 4. The van der Waals surface area contributed by atoms with E-state index in [9.17, 15) is 4.79 Å². The second kappa shape index (κ2) is 7.24. The van der Waals surface area contributed by atoms with Gasteiger partial charge in [0.15, 0.2) is 0 Å². The van der Waals surface area contributed by atoms with Gasteiger partial charge in [-0.25, -0.2) is 5.43 Å². The van der Waals surface area contributed by atoms with Gasteiger partial charge in [0.25, 0.3) is 5.91 Å². The number of hydrogen-bond acceptors (Lipinski definition) is 3. The van der Waals surface area contributed by atoms with Crippen molar-refractivity contribution in [3.05, 3.63) is 63.1 Å². The predicted octanol–water partition coefficient (Wildman–Crippen LogP) is 3.88. The molecule has 0 saturated heterocycles. The molecule has 2 rings (SSSR count). The van der Waals surface area contributed by atoms with E-state index in [0.717, 1.165) is 5.56 Å². The van der Waals surface area contributed by atoms with Crippen molar-refractivity contribution in [1.82, 2.24) is 5.43 Å². The first kappa shape index (κ1) is 15.5. The molecule has 0 unspecified atom stereocenters. The lowest BCUT2D eigenvalue weighted by atomic mass is 10.2. The van der Waals surface area contributed by atoms with E-state index in [1.54, 1.807) is 43.5 Å². The highest BCUT2D eigenvalue weighted by atomic mass is 79.9. The molecule has 0 heterocycles. The molecule has 0 bridgehead atoms. The quantitative estimate of drug-likeness (QED) is 0.659. The number of halogens is 2. The zero-order chi connectivity index (χ0) is 15.2. The summed E-state index contributed by atoms with van der Waals surface area (Å²) >= 11 is 9.32. The Kier molecular flexibility index (Phi) is 5.36. The molecule has 2 aromatic carbocycles. The summed E-state index contributed by atoms with van der Waals surface area (Å²) in [6, 6.07) is 12.4. The minimum Gasteiger partial charge on any atom is -0.495 e. The van der Waals surface area contributed by atoms with Crippen LogP contribution in [0, 0.1) is 0 Å². The number of nitrogens with one attached hydrogen (secondary N) is 1. The molecule has 0 fully saturated rings. The molecule has 1 amide bonds. The zero-order valence-electron chi connectivity index (χ0n) is 11.1. The van der Waals surface area contributed by atoms with Gasteiger partial charge < -0.3 is 4.74 Å². The first-order valence-electron chi connectivity index (χ1n) is 6.03. The molecular formula is C15H12BrClN2O2. The molecule has 2 aromatic rings. The monoisotopic (exact) mass is 366 g/mol. The van der Waals surface area contributed by atoms with E-state index in [2.05, 4.69) is 26.5 Å². The maximum atomic E-state index is 11.9. The van der Waals surface area contributed by atoms with Gasteiger partial charge in [-0.1, -0.05) is 23.7 Å². The molecule has 6 heteroatoms. The van der Waals surface area contributed by atoms with Crippen molar-refractivity contribution in [3.8, 4) is 5.75 Å². The van der Waals surface area contributed by atoms with E-state index in [-0.39, 0.29) is 5.91 Å². The zero-order valence-corrected chi connectivity index (χ0v) is 13.5. The molecule has 0 spiro atoms. The second-order valence-corrected chi connectivity index (χ2v) is 5.33. The second-order valence-electron chi connectivity index (χ2n) is 4.07. The highest BCUT2D eigenvalue weighted by Crippen LogP contribution is 2.24. The van der Waals surface area contributed by atoms with E-state index in [0.29, 0.717) is 20.8 Å². The number of carbonyl (C=O) groups is 1. The summed E-state index contributed by atoms with van der Waals surface area (Å²) in [5.74, 6) is 0.296. The van der Waals surface area contributed by atoms with Gasteiger partial charge in [-0.2, -0.15) is 5.10 Å². The lowest BCUT2D eigenvalue weighted by Gasteiger charge is -2.03. The fraction of sp³-hybridized carbons (Fsp3) is 0.0667. The maximum absolute atomic E-state index is 11.9. The first-order valence-corrected chi connectivity index (χ1v) is 7.20. The molecule has 0 atom stereocenters. The Morgan fingerprint density at radius 1 is 1.33 bits per heavy atom. The normalized spacial score (nSPS) is 10.6. The Labute approximate surface area is 135 Å². The number of hydrogen-bond donors (Lipinski definition) is 1. The summed E-state index contributed by atoms with van der Waals surface area (Å²) in [5, 5.41) is 4.40. The summed E-state index contributed by atoms with van der Waals surface area (Å²) in [6.45, 7) is 0. The number of ether oxygens (including phenoxy) is 1. The summed E-state index contributed by atoms with van der Waals surface area (Å²) in [5.41, 5.74) is 3.74. The largest absolute Gasteiger partial charge is 0.495 e. The Morgan fingerprint density at radius 3 is 2.76 bits per heavy atom. The maximum Gasteiger partial charge on any atom is 0.272 e. The number of hydrazone groups is 1. The standard InChI is InChI=1S/C15H12BrClN2O2/c1-21-14-7-6-10(8-13(14)17)9-18-19-15(20)11-4-2-3-5-12(11)16/h2-9H,1H3,(H,19,20)/b18-9-. The minimum absolute atomic E-state index is 0.293. The molecule has 108 valence electrons. The molecule has 0 aliphatic carbocycles. The van der Waals surface area contributed by atoms with Crippen LogP contribution >= 0.6 is 27.5 Å². The first-order chi connectivity index (χ1) is 10.1. The average molecular weight is 368 g/mol. The van der Waals surface area contributed by atoms with Gasteiger partial charge in [0.1, 0.15) is 5.75 Å². The van der Waals surface area contributed by atoms with Crippen LogP contribution in [-0.2, 0) is 0 Å². The van der Waals surface area contributed by atoms with E-state index in [1.807, 2.05) is 6.07 Å². The molecule has 0 aliphatic heterocycles. The number of methoxy groups -OCH3 is 1. The third-order valence-corrected chi connectivity index (χ3v) is 3.66. The predicted molar refractivity (Wildman–Crippen MR) is 87.2 cm³/mol. The topological polar surface area (TPSA) is 50.7 Å². The van der Waals surface area contributed by atoms with Crippen LogP contribution in [0.15, 0.2) is 52.0 Å². The van der Waals surface area contributed by atoms with Gasteiger partial charge in [0.2, 0.25) is 0 Å². The molecule has 0 aliphatic rings. The summed E-state index contributed by atoms with van der Waals surface area (Å²) in [6.07, 6.45) is 1.51. The van der Waals surface area contributed by atoms with E-state index in [1.165, 1.54) is 6.21 Å². The average Bonchev–Trinajstić information content (AvgIpc) is 2.48. The van der Waals surface area contributed by atoms with E-state index >= 15 is 0 Å². The van der Waals surface area contributed by atoms with Crippen LogP contribution in [-0.4, -0.2) is 19.2 Å². The highest BCUT2D eigenvalue weighted by molar-refractivity contribution is 9.10. The van der Waals surface area contributed by atoms with Crippen molar-refractivity contribution >= 4 is 39.7 Å². The van der Waals surface area contributed by atoms with E-state index < -0.39 is 0 Å². The number of carbonyl (C=O) groups excluding carboxylic acids is 1. The SMILES string of the molecule is COc1ccc(/C=N\NC(=O)c2ccccc2Br)cc1Cl. The number of benzene rings is 2. The van der Waals surface area contributed by atoms with Gasteiger partial charge in [-0.15, -0.1) is 0 Å². The lowest BCUT2D eigenvalue weighted by Crippen LogP contribution is -2.18. The Morgan fingerprint density at radius 2 is 2.10 bits per heavy atom. The van der Waals surface area contributed by atoms with Gasteiger partial charge in [-0.3, -0.25) is 4.79 Å². The highest BCUT2D eigenvalue weighted by Gasteiger charge is 2.07. The smallest absolute Gasteiger partial charge is 0.272 e. The fourth-order valence-corrected chi connectivity index (χ4v) is 2.36. The molecular weight excluding hydrogens is 356 g/mol. The van der Waals surface area contributed by atoms with Gasteiger partial charge >= 0.3 is 0 Å². The molecule has 21 heavy (non-hydrogen) atoms. The van der Waals surface area contributed by atoms with Gasteiger partial charge in [0, 0.05) is 4.47 Å². The summed E-state index contributed by atoms with van der Waals surface area (Å²) in [7, 11) is 1.55. The van der Waals surface area contributed by atoms with Crippen molar-refractivity contribution in [1.29, 1.82) is 0 Å². The lowest BCUT2D eigenvalue weighted by molar-refractivity contribution is 0.0954. The van der Waals surface area contributed by atoms with Crippen molar-refractivity contribution in [3.63, 3.8) is 0 Å². The van der Waals surface area contributed by atoms with Crippen LogP contribution in [0.5, 0.6) is 5.75 Å². The Bertz CT molecular complexity index is 689. The minimum atomic E-state index is -0.293. The molecule has 0 radical (unpaired) electrons. The summed E-state index contributed by atoms with van der Waals surface area (Å²) < 4.78 is 5.78. The Balaban J connectivity index is 2.04. The molecule has 0 aromatic heterocycles. The molecule has 1 N–H and O–H groups in total.